The first-order chi connectivity index (χ1) is 63.5. The lowest BCUT2D eigenvalue weighted by atomic mass is 9.98. The summed E-state index contributed by atoms with van der Waals surface area (Å²) in [5.74, 6) is 5.59. The fourth-order valence-corrected chi connectivity index (χ4v) is 18.4. The first kappa shape index (κ1) is 74.2. The van der Waals surface area contributed by atoms with Crippen molar-refractivity contribution < 1.29 is 0 Å². The lowest BCUT2D eigenvalue weighted by Gasteiger charge is -2.12. The highest BCUT2D eigenvalue weighted by atomic mass is 15.2. The molecule has 0 amide bonds. The number of para-hydroxylation sites is 4. The van der Waals surface area contributed by atoms with Crippen LogP contribution in [-0.4, -0.2) is 68.1 Å². The maximum absolute atomic E-state index is 5.15. The average molecular weight is 1640 g/mol. The molecule has 0 aliphatic carbocycles. The molecule has 0 radical (unpaired) electrons. The maximum Gasteiger partial charge on any atom is 0.238 e. The highest BCUT2D eigenvalue weighted by molar-refractivity contribution is 6.20. The van der Waals surface area contributed by atoms with Gasteiger partial charge in [0.05, 0.1) is 56.0 Å². The third-order valence-corrected chi connectivity index (χ3v) is 24.3. The Morgan fingerprint density at radius 2 is 0.469 bits per heavy atom. The summed E-state index contributed by atoms with van der Waals surface area (Å²) in [5.41, 5.74) is 24.0. The zero-order chi connectivity index (χ0) is 84.5. The number of aromatic nitrogens is 14. The molecule has 0 unspecified atom stereocenters. The molecule has 8 heterocycles. The SMILES string of the molecule is c1ccc(-c2nc(-c3ccccc3)nc(-c3ccc(-n4c5ccccc5c5c(-c6ccc7c(c6)c6ccccc6n7-c6cncc7ccccc67)cccc54)cc3)n2)cc1.c1ccc(-c2nc(-c3ccccc3)nc(-c3cccc(-n4c5ccccc5c5c(-c6ccc7c(c6)c6ccccc6n7-c6nc(-c7ccccc7)nc(-c7ccccc7)n6)cccc54)c3)n2)cc1. The van der Waals surface area contributed by atoms with E-state index in [2.05, 4.69) is 266 Å². The van der Waals surface area contributed by atoms with Crippen LogP contribution in [-0.2, 0) is 0 Å². The third kappa shape index (κ3) is 13.1. The molecule has 0 fully saturated rings. The minimum absolute atomic E-state index is 0.564. The van der Waals surface area contributed by atoms with Gasteiger partial charge in [-0.1, -0.05) is 328 Å². The van der Waals surface area contributed by atoms with Gasteiger partial charge in [0.1, 0.15) is 0 Å². The summed E-state index contributed by atoms with van der Waals surface area (Å²) in [7, 11) is 0. The fraction of sp³-hybridized carbons (Fsp3) is 0. The lowest BCUT2D eigenvalue weighted by Crippen LogP contribution is -2.06. The van der Waals surface area contributed by atoms with E-state index in [-0.39, 0.29) is 0 Å². The molecule has 17 aromatic carbocycles. The standard InChI is InChI=1S/C60H38N8.C54H34N6/c1-5-19-39(20-6-1)55-61-56(40-21-7-2-8-22-40)63-59(62-55)44-27-17-28-45(37-44)67-51-33-16-14-30-48(51)54-46(31-18-34-53(54)67)43-35-36-52-49(38-43)47-29-13-15-32-50(47)68(52)60-65-57(41-23-9-3-10-24-41)64-58(66-60)42-25-11-4-12-26-42;1-3-14-35(15-4-1)52-56-53(36-16-5-2-6-17-36)58-54(57-52)37-26-29-40(30-27-37)59-47-24-12-10-21-44(47)51-42(22-13-25-49(51)59)38-28-31-48-45(32-38)43-20-9-11-23-46(43)60(48)50-34-55-33-39-18-7-8-19-41(39)50/h1-38H;1-34H. The molecule has 0 atom stereocenters. The molecule has 598 valence electrons. The Kier molecular flexibility index (Phi) is 18.2. The minimum Gasteiger partial charge on any atom is -0.309 e. The van der Waals surface area contributed by atoms with E-state index in [9.17, 15) is 0 Å². The molecule has 128 heavy (non-hydrogen) atoms. The normalized spacial score (nSPS) is 11.6. The molecular weight excluding hydrogens is 1570 g/mol. The number of hydrogen-bond donors (Lipinski definition) is 0. The second-order valence-electron chi connectivity index (χ2n) is 31.8. The predicted molar refractivity (Wildman–Crippen MR) is 520 cm³/mol. The molecule has 0 N–H and O–H groups in total. The van der Waals surface area contributed by atoms with Crippen molar-refractivity contribution in [3.8, 4) is 136 Å². The Morgan fingerprint density at radius 3 is 0.906 bits per heavy atom. The fourth-order valence-electron chi connectivity index (χ4n) is 18.4. The van der Waals surface area contributed by atoms with Crippen molar-refractivity contribution in [3.63, 3.8) is 0 Å². The van der Waals surface area contributed by atoms with Gasteiger partial charge in [0, 0.05) is 116 Å². The van der Waals surface area contributed by atoms with E-state index in [1.165, 1.54) is 43.4 Å². The molecule has 14 heteroatoms. The number of rotatable bonds is 14. The highest BCUT2D eigenvalue weighted by Gasteiger charge is 2.25. The van der Waals surface area contributed by atoms with Crippen LogP contribution in [0.3, 0.4) is 0 Å². The topological polar surface area (TPSA) is 149 Å². The second-order valence-corrected chi connectivity index (χ2v) is 31.8. The monoisotopic (exact) mass is 1640 g/mol. The van der Waals surface area contributed by atoms with Gasteiger partial charge in [0.25, 0.3) is 0 Å². The van der Waals surface area contributed by atoms with E-state index >= 15 is 0 Å². The Hall–Kier alpha value is -17.6. The number of benzene rings is 17. The lowest BCUT2D eigenvalue weighted by molar-refractivity contribution is 0.953. The largest absolute Gasteiger partial charge is 0.309 e. The highest BCUT2D eigenvalue weighted by Crippen LogP contribution is 2.46. The van der Waals surface area contributed by atoms with Crippen molar-refractivity contribution in [2.45, 2.75) is 0 Å². The molecule has 0 saturated carbocycles. The molecule has 0 aliphatic heterocycles. The van der Waals surface area contributed by atoms with Gasteiger partial charge in [0.2, 0.25) is 5.95 Å². The Morgan fingerprint density at radius 1 is 0.164 bits per heavy atom. The molecule has 25 aromatic rings. The molecular formula is C114H72N14. The van der Waals surface area contributed by atoms with Gasteiger partial charge in [0.15, 0.2) is 46.6 Å². The summed E-state index contributed by atoms with van der Waals surface area (Å²) in [6.07, 6.45) is 3.92. The number of pyridine rings is 1. The van der Waals surface area contributed by atoms with Gasteiger partial charge >= 0.3 is 0 Å². The van der Waals surface area contributed by atoms with Gasteiger partial charge in [-0.2, -0.15) is 9.97 Å². The average Bonchev–Trinajstić information content (AvgIpc) is 1.57. The van der Waals surface area contributed by atoms with Crippen LogP contribution < -0.4 is 0 Å². The van der Waals surface area contributed by atoms with Crippen LogP contribution in [0, 0.1) is 0 Å². The minimum atomic E-state index is 0.564. The van der Waals surface area contributed by atoms with Crippen molar-refractivity contribution in [2.24, 2.45) is 0 Å². The van der Waals surface area contributed by atoms with E-state index in [1.54, 1.807) is 0 Å². The van der Waals surface area contributed by atoms with E-state index in [0.717, 1.165) is 138 Å². The summed E-state index contributed by atoms with van der Waals surface area (Å²) in [4.78, 5) is 49.8. The number of nitrogens with zero attached hydrogens (tertiary/aromatic N) is 14. The van der Waals surface area contributed by atoms with Gasteiger partial charge in [-0.3, -0.25) is 9.55 Å². The van der Waals surface area contributed by atoms with Crippen LogP contribution in [0.15, 0.2) is 437 Å². The van der Waals surface area contributed by atoms with E-state index in [1.807, 2.05) is 194 Å². The summed E-state index contributed by atoms with van der Waals surface area (Å²) in [6, 6.07) is 148. The smallest absolute Gasteiger partial charge is 0.238 e. The molecule has 25 rings (SSSR count). The Bertz CT molecular complexity index is 8430. The zero-order valence-electron chi connectivity index (χ0n) is 68.8. The van der Waals surface area contributed by atoms with Crippen molar-refractivity contribution in [2.75, 3.05) is 0 Å². The first-order valence-electron chi connectivity index (χ1n) is 42.8. The van der Waals surface area contributed by atoms with Crippen LogP contribution in [0.4, 0.5) is 0 Å². The molecule has 0 saturated heterocycles. The Balaban J connectivity index is 0.000000144. The quantitative estimate of drug-likeness (QED) is 0.103. The number of fused-ring (bicyclic) bond motifs is 13. The van der Waals surface area contributed by atoms with Gasteiger partial charge in [-0.05, 0) is 119 Å². The van der Waals surface area contributed by atoms with Gasteiger partial charge in [-0.15, -0.1) is 0 Å². The Labute approximate surface area is 734 Å². The molecule has 8 aromatic heterocycles. The molecule has 0 aliphatic rings. The van der Waals surface area contributed by atoms with Crippen molar-refractivity contribution in [3.05, 3.63) is 437 Å². The molecule has 0 spiro atoms. The zero-order valence-corrected chi connectivity index (χ0v) is 68.8. The summed E-state index contributed by atoms with van der Waals surface area (Å²) in [5, 5.41) is 11.7. The van der Waals surface area contributed by atoms with Gasteiger partial charge in [-0.25, -0.2) is 34.9 Å². The van der Waals surface area contributed by atoms with Crippen LogP contribution in [0.5, 0.6) is 0 Å². The molecule has 0 bridgehead atoms. The van der Waals surface area contributed by atoms with E-state index in [0.29, 0.717) is 52.5 Å². The van der Waals surface area contributed by atoms with Crippen LogP contribution in [0.1, 0.15) is 0 Å². The second kappa shape index (κ2) is 31.4. The van der Waals surface area contributed by atoms with Crippen molar-refractivity contribution in [1.29, 1.82) is 0 Å². The van der Waals surface area contributed by atoms with Crippen LogP contribution >= 0.6 is 0 Å². The molecule has 14 nitrogen and oxygen atoms in total. The summed E-state index contributed by atoms with van der Waals surface area (Å²) < 4.78 is 9.26. The number of hydrogen-bond acceptors (Lipinski definition) is 10. The summed E-state index contributed by atoms with van der Waals surface area (Å²) >= 11 is 0. The maximum atomic E-state index is 5.15. The first-order valence-corrected chi connectivity index (χ1v) is 42.8. The van der Waals surface area contributed by atoms with Crippen molar-refractivity contribution >= 4 is 98.0 Å². The summed E-state index contributed by atoms with van der Waals surface area (Å²) in [6.45, 7) is 0. The van der Waals surface area contributed by atoms with Crippen molar-refractivity contribution in [1.82, 2.24) is 68.1 Å². The van der Waals surface area contributed by atoms with Gasteiger partial charge < -0.3 is 13.7 Å². The van der Waals surface area contributed by atoms with Crippen LogP contribution in [0.2, 0.25) is 0 Å². The third-order valence-electron chi connectivity index (χ3n) is 24.3. The van der Waals surface area contributed by atoms with Crippen LogP contribution in [0.25, 0.3) is 234 Å². The van der Waals surface area contributed by atoms with E-state index < -0.39 is 0 Å². The predicted octanol–water partition coefficient (Wildman–Crippen LogP) is 27.5. The van der Waals surface area contributed by atoms with E-state index in [4.69, 9.17) is 44.9 Å².